The van der Waals surface area contributed by atoms with Crippen LogP contribution in [0.4, 0.5) is 64.1 Å². The number of aromatic carboxylic acids is 1. The second-order valence-corrected chi connectivity index (χ2v) is 18.5. The summed E-state index contributed by atoms with van der Waals surface area (Å²) in [5.74, 6) is -16.8. The maximum atomic E-state index is 15.2. The largest absolute Gasteiger partial charge is 0.573 e. The third-order valence-electron chi connectivity index (χ3n) is 9.90. The summed E-state index contributed by atoms with van der Waals surface area (Å²) in [4.78, 5) is 60.4. The fraction of sp³-hybridized carbons (Fsp3) is 0.182. The van der Waals surface area contributed by atoms with E-state index >= 15 is 4.39 Å². The van der Waals surface area contributed by atoms with Gasteiger partial charge in [-0.2, -0.15) is 17.6 Å². The zero-order valence-electron chi connectivity index (χ0n) is 50.6. The SMILES string of the molecule is CC(C)(C)N=C(Nc1ccnc(C(N)=O)c1)Sc1ccccc1.[2H]C([2H])([2H])Oc1cc(OC(F)(F)F)ccc1Oc1ccc(OC(F)F)c(F)c1C(=O)Nc1ccnc(C(N)=O)c1.[2H]C([2H])([2H])Oc1cc(OC(F)(F)F)ccc1Oc1ccc(OC(F)F)c(F)c1C(=O)O. The number of alkyl halides is 10. The lowest BCUT2D eigenvalue weighted by Crippen LogP contribution is -2.18. The predicted octanol–water partition coefficient (Wildman–Crippen LogP) is 13.2. The van der Waals surface area contributed by atoms with E-state index in [4.69, 9.17) is 34.2 Å². The maximum absolute atomic E-state index is 15.2. The number of hydrogen-bond donors (Lipinski definition) is 5. The maximum Gasteiger partial charge on any atom is 0.573 e. The first-order valence-electron chi connectivity index (χ1n) is 26.8. The second-order valence-electron chi connectivity index (χ2n) is 17.5. The molecule has 0 spiro atoms. The minimum absolute atomic E-state index is 0.139. The molecule has 0 saturated heterocycles. The van der Waals surface area contributed by atoms with Crippen LogP contribution >= 0.6 is 11.8 Å². The lowest BCUT2D eigenvalue weighted by Gasteiger charge is -2.17. The van der Waals surface area contributed by atoms with E-state index in [1.807, 2.05) is 51.1 Å². The van der Waals surface area contributed by atoms with Crippen molar-refractivity contribution in [2.45, 2.75) is 57.2 Å². The number of amides is 3. The van der Waals surface area contributed by atoms with Crippen molar-refractivity contribution in [1.29, 1.82) is 0 Å². The molecular weight excluding hydrogens is 1230 g/mol. The minimum atomic E-state index is -5.16. The quantitative estimate of drug-likeness (QED) is 0.0218. The first-order valence-corrected chi connectivity index (χ1v) is 24.6. The van der Waals surface area contributed by atoms with Gasteiger partial charge in [-0.05, 0) is 106 Å². The van der Waals surface area contributed by atoms with E-state index in [0.29, 0.717) is 42.5 Å². The average Bonchev–Trinajstić information content (AvgIpc) is 0.855. The molecule has 0 radical (unpaired) electrons. The zero-order chi connectivity index (χ0) is 70.3. The molecule has 468 valence electrons. The number of carboxylic acid groups (broad SMARTS) is 1. The number of carbonyl (C=O) groups excluding carboxylic acids is 3. The van der Waals surface area contributed by atoms with Crippen LogP contribution in [0.15, 0.2) is 138 Å². The summed E-state index contributed by atoms with van der Waals surface area (Å²) in [5.41, 5.74) is 8.34. The highest BCUT2D eigenvalue weighted by Crippen LogP contribution is 2.42. The van der Waals surface area contributed by atoms with Crippen LogP contribution < -0.4 is 60.0 Å². The Bertz CT molecular complexity index is 3870. The lowest BCUT2D eigenvalue weighted by atomic mass is 10.1. The third kappa shape index (κ3) is 21.3. The van der Waals surface area contributed by atoms with Crippen molar-refractivity contribution in [3.8, 4) is 57.5 Å². The number of hydrogen-bond acceptors (Lipinski definition) is 16. The summed E-state index contributed by atoms with van der Waals surface area (Å²) in [6.45, 7) is -0.885. The highest BCUT2D eigenvalue weighted by atomic mass is 32.2. The number of nitrogens with two attached hydrogens (primary N) is 2. The van der Waals surface area contributed by atoms with Crippen molar-refractivity contribution in [3.63, 3.8) is 0 Å². The summed E-state index contributed by atoms with van der Waals surface area (Å²) in [7, 11) is -6.39. The molecule has 7 aromatic rings. The summed E-state index contributed by atoms with van der Waals surface area (Å²) < 4.78 is 233. The van der Waals surface area contributed by atoms with E-state index in [2.05, 4.69) is 49.0 Å². The molecule has 7 N–H and O–H groups in total. The summed E-state index contributed by atoms with van der Waals surface area (Å²) >= 11 is 1.53. The molecule has 0 atom stereocenters. The molecule has 0 bridgehead atoms. The number of ether oxygens (including phenoxy) is 8. The smallest absolute Gasteiger partial charge is 0.493 e. The number of carbonyl (C=O) groups is 4. The standard InChI is InChI=1S/C22H15F6N3O6.C17H20N4OS.C16H10F6O6/c1-34-16-9-11(37-22(26,27)28)2-3-13(16)35-14-4-5-15(36-21(24)25)18(23)17(14)20(33)31-10-6-7-30-12(8-10)19(29)32;1-17(2,3)21-16(23-13-7-5-4-6-8-13)20-12-9-10-19-14(11-12)15(18)22;1-25-11-6-7(28-16(20,21)22)2-3-8(11)26-9-4-5-10(27-15(18)19)13(17)12(9)14(23)24/h2-9,21H,1H3,(H2,29,32)(H,30,31,33);4-11H,1-3H3,(H2,18,22)(H,19,20,21);2-6,15H,1H3,(H,23,24)/i1D3;;1D3. The zero-order valence-corrected chi connectivity index (χ0v) is 45.4. The van der Waals surface area contributed by atoms with Gasteiger partial charge < -0.3 is 65.1 Å². The predicted molar refractivity (Wildman–Crippen MR) is 289 cm³/mol. The monoisotopic (exact) mass is 1280 g/mol. The van der Waals surface area contributed by atoms with Crippen molar-refractivity contribution in [3.05, 3.63) is 162 Å². The Labute approximate surface area is 501 Å². The Morgan fingerprint density at radius 3 is 1.41 bits per heavy atom. The van der Waals surface area contributed by atoms with Gasteiger partial charge in [0.1, 0.15) is 45.5 Å². The van der Waals surface area contributed by atoms with E-state index in [1.165, 1.54) is 17.8 Å². The molecule has 0 aliphatic rings. The van der Waals surface area contributed by atoms with Crippen LogP contribution in [-0.4, -0.2) is 89.5 Å². The van der Waals surface area contributed by atoms with E-state index in [0.717, 1.165) is 46.2 Å². The van der Waals surface area contributed by atoms with Crippen molar-refractivity contribution >= 4 is 52.0 Å². The van der Waals surface area contributed by atoms with Crippen LogP contribution in [0, 0.1) is 11.6 Å². The van der Waals surface area contributed by atoms with Crippen molar-refractivity contribution in [1.82, 2.24) is 9.97 Å². The van der Waals surface area contributed by atoms with E-state index in [-0.39, 0.29) is 22.6 Å². The fourth-order valence-electron chi connectivity index (χ4n) is 6.55. The molecule has 20 nitrogen and oxygen atoms in total. The number of pyridine rings is 2. The lowest BCUT2D eigenvalue weighted by molar-refractivity contribution is -0.275. The Morgan fingerprint density at radius 2 is 1.00 bits per heavy atom. The van der Waals surface area contributed by atoms with Gasteiger partial charge >= 0.3 is 31.9 Å². The number of rotatable bonds is 19. The average molecular weight is 1280 g/mol. The molecule has 0 unspecified atom stereocenters. The molecule has 3 amide bonds. The van der Waals surface area contributed by atoms with Crippen LogP contribution in [-0.2, 0) is 0 Å². The van der Waals surface area contributed by atoms with E-state index in [1.54, 1.807) is 18.3 Å². The van der Waals surface area contributed by atoms with E-state index < -0.39 is 144 Å². The van der Waals surface area contributed by atoms with Crippen molar-refractivity contribution < 1.29 is 123 Å². The third-order valence-corrected chi connectivity index (χ3v) is 10.8. The number of thioether (sulfide) groups is 1. The highest BCUT2D eigenvalue weighted by molar-refractivity contribution is 8.14. The van der Waals surface area contributed by atoms with Gasteiger partial charge in [-0.15, -0.1) is 26.3 Å². The van der Waals surface area contributed by atoms with Gasteiger partial charge in [0.25, 0.3) is 17.7 Å². The number of halogens is 12. The second kappa shape index (κ2) is 30.1. The number of aromatic nitrogens is 2. The number of carboxylic acids is 1. The molecule has 0 aliphatic heterocycles. The van der Waals surface area contributed by atoms with Crippen molar-refractivity contribution in [2.24, 2.45) is 16.5 Å². The number of primary amides is 2. The van der Waals surface area contributed by atoms with E-state index in [9.17, 15) is 72.6 Å². The number of aliphatic imine (C=N–C) groups is 1. The van der Waals surface area contributed by atoms with Crippen molar-refractivity contribution in [2.75, 3.05) is 24.7 Å². The Kier molecular flexibility index (Phi) is 20.3. The Hall–Kier alpha value is -10.3. The normalized spacial score (nSPS) is 12.7. The molecule has 0 aliphatic carbocycles. The molecule has 0 saturated carbocycles. The first-order chi connectivity index (χ1) is 43.5. The number of anilines is 2. The number of nitrogens with zero attached hydrogens (tertiary/aromatic N) is 3. The molecule has 0 fully saturated rings. The molecule has 5 aromatic carbocycles. The Balaban J connectivity index is 0.000000265. The number of nitrogens with one attached hydrogen (secondary N) is 2. The summed E-state index contributed by atoms with van der Waals surface area (Å²) in [6, 6.07) is 22.2. The minimum Gasteiger partial charge on any atom is -0.493 e. The molecule has 33 heteroatoms. The molecule has 88 heavy (non-hydrogen) atoms. The van der Waals surface area contributed by atoms with Gasteiger partial charge in [-0.25, -0.2) is 13.6 Å². The topological polar surface area (TPSA) is 277 Å². The van der Waals surface area contributed by atoms with Crippen LogP contribution in [0.25, 0.3) is 0 Å². The number of benzene rings is 5. The van der Waals surface area contributed by atoms with Crippen LogP contribution in [0.2, 0.25) is 0 Å². The van der Waals surface area contributed by atoms with Gasteiger partial charge in [0.2, 0.25) is 0 Å². The number of methoxy groups -OCH3 is 2. The summed E-state index contributed by atoms with van der Waals surface area (Å²) in [5, 5.41) is 15.3. The molecule has 2 aromatic heterocycles. The number of amidine groups is 1. The van der Waals surface area contributed by atoms with Crippen LogP contribution in [0.1, 0.15) is 70.7 Å². The Morgan fingerprint density at radius 1 is 0.580 bits per heavy atom. The van der Waals surface area contributed by atoms with Gasteiger partial charge in [-0.1, -0.05) is 30.0 Å². The molecule has 7 rings (SSSR count). The molecule has 2 heterocycles. The molecular formula is C55H45F12N7O13S. The van der Waals surface area contributed by atoms with Gasteiger partial charge in [0, 0.05) is 40.8 Å². The van der Waals surface area contributed by atoms with Gasteiger partial charge in [0.15, 0.2) is 51.3 Å². The summed E-state index contributed by atoms with van der Waals surface area (Å²) in [6.07, 6.45) is -7.66. The first kappa shape index (κ1) is 59.4. The fourth-order valence-corrected chi connectivity index (χ4v) is 7.56. The van der Waals surface area contributed by atoms with Crippen LogP contribution in [0.5, 0.6) is 57.5 Å². The highest BCUT2D eigenvalue weighted by Gasteiger charge is 2.33. The van der Waals surface area contributed by atoms with Crippen LogP contribution in [0.3, 0.4) is 0 Å². The van der Waals surface area contributed by atoms with Gasteiger partial charge in [-0.3, -0.25) is 29.3 Å². The van der Waals surface area contributed by atoms with Gasteiger partial charge in [0.05, 0.1) is 27.8 Å².